The first-order chi connectivity index (χ1) is 29.3. The van der Waals surface area contributed by atoms with E-state index in [9.17, 15) is 50.8 Å². The van der Waals surface area contributed by atoms with Gasteiger partial charge in [-0.2, -0.15) is 0 Å². The molecule has 17 heteroatoms. The molecule has 0 bridgehead atoms. The van der Waals surface area contributed by atoms with E-state index in [-0.39, 0.29) is 52.3 Å². The van der Waals surface area contributed by atoms with Crippen LogP contribution in [0.25, 0.3) is 0 Å². The van der Waals surface area contributed by atoms with Crippen LogP contribution in [0.4, 0.5) is 0 Å². The Hall–Kier alpha value is -1.23. The lowest BCUT2D eigenvalue weighted by Crippen LogP contribution is -2.64. The van der Waals surface area contributed by atoms with Gasteiger partial charge >= 0.3 is 0 Å². The van der Waals surface area contributed by atoms with Crippen molar-refractivity contribution in [1.29, 1.82) is 0 Å². The molecule has 0 aromatic rings. The lowest BCUT2D eigenvalue weighted by atomic mass is 9.47. The molecule has 8 aliphatic rings. The number of ketones is 1. The van der Waals surface area contributed by atoms with Crippen molar-refractivity contribution in [3.8, 4) is 0 Å². The molecule has 4 aliphatic heterocycles. The normalized spacial score (nSPS) is 55.1. The van der Waals surface area contributed by atoms with E-state index in [2.05, 4.69) is 20.8 Å². The molecule has 4 saturated heterocycles. The standard InChI is InChI=1S/C45H72O17/c1-18-7-10-29(59-40(18)62-42-38(55)35(52)32(49)21(4)57-42)19(2)24-8-9-25-23-16-28(47)27-15-22(11-13-45(27,6)26(23)12-14-44(24,25)5)58-43-39(36(53)33(50)30(17-46)60-43)61-41-37(54)34(51)31(48)20(3)56-41/h16,18-22,24-27,29-43,46,48-55H,7-15,17H2,1-6H3/t18-,19-,20+,21+,22-,24+,25?,26?,27?,29?,30+,31+,32+,33+,34-,35-,36-,37-,38-,39+,40+,41?,42+,43?,44+,45+/m0/s1. The third-order valence-corrected chi connectivity index (χ3v) is 17.2. The predicted octanol–water partition coefficient (Wildman–Crippen LogP) is 0.403. The third kappa shape index (κ3) is 8.19. The van der Waals surface area contributed by atoms with Crippen LogP contribution >= 0.6 is 0 Å². The average Bonchev–Trinajstić information content (AvgIpc) is 3.60. The minimum absolute atomic E-state index is 0.0327. The Morgan fingerprint density at radius 2 is 1.24 bits per heavy atom. The number of allylic oxidation sites excluding steroid dienone is 2. The second kappa shape index (κ2) is 18.1. The lowest BCUT2D eigenvalue weighted by Gasteiger charge is -2.57. The summed E-state index contributed by atoms with van der Waals surface area (Å²) in [5, 5.41) is 94.4. The Morgan fingerprint density at radius 3 is 1.89 bits per heavy atom. The zero-order chi connectivity index (χ0) is 44.7. The van der Waals surface area contributed by atoms with Gasteiger partial charge in [0.25, 0.3) is 0 Å². The number of aliphatic hydroxyl groups excluding tert-OH is 9. The molecule has 3 saturated carbocycles. The number of rotatable bonds is 9. The topological polar surface area (TPSA) is 264 Å². The van der Waals surface area contributed by atoms with Gasteiger partial charge < -0.3 is 79.1 Å². The fraction of sp³-hybridized carbons (Fsp3) is 0.933. The van der Waals surface area contributed by atoms with Gasteiger partial charge in [-0.25, -0.2) is 0 Å². The van der Waals surface area contributed by atoms with Gasteiger partial charge in [-0.15, -0.1) is 0 Å². The Bertz CT molecular complexity index is 1620. The van der Waals surface area contributed by atoms with Gasteiger partial charge in [-0.1, -0.05) is 33.3 Å². The number of ether oxygens (including phenoxy) is 7. The second-order valence-corrected chi connectivity index (χ2v) is 20.7. The Labute approximate surface area is 363 Å². The van der Waals surface area contributed by atoms with Gasteiger partial charge in [0.05, 0.1) is 31.0 Å². The van der Waals surface area contributed by atoms with Crippen molar-refractivity contribution in [2.75, 3.05) is 6.61 Å². The van der Waals surface area contributed by atoms with Crippen LogP contribution in [0.15, 0.2) is 11.6 Å². The number of hydrogen-bond donors (Lipinski definition) is 9. The van der Waals surface area contributed by atoms with E-state index in [1.165, 1.54) is 12.5 Å². The van der Waals surface area contributed by atoms with Crippen molar-refractivity contribution in [3.63, 3.8) is 0 Å². The molecule has 354 valence electrons. The van der Waals surface area contributed by atoms with Gasteiger partial charge in [-0.05, 0) is 112 Å². The zero-order valence-corrected chi connectivity index (χ0v) is 36.8. The van der Waals surface area contributed by atoms with Gasteiger partial charge in [0.1, 0.15) is 61.0 Å². The van der Waals surface area contributed by atoms with Crippen LogP contribution in [0.1, 0.15) is 99.3 Å². The second-order valence-electron chi connectivity index (χ2n) is 20.7. The molecule has 4 heterocycles. The predicted molar refractivity (Wildman–Crippen MR) is 215 cm³/mol. The van der Waals surface area contributed by atoms with Crippen LogP contribution in [-0.4, -0.2) is 169 Å². The molecule has 7 fully saturated rings. The molecule has 8 rings (SSSR count). The van der Waals surface area contributed by atoms with E-state index in [0.717, 1.165) is 38.5 Å². The maximum absolute atomic E-state index is 14.4. The van der Waals surface area contributed by atoms with Gasteiger partial charge in [0.2, 0.25) is 0 Å². The smallest absolute Gasteiger partial charge is 0.189 e. The van der Waals surface area contributed by atoms with Crippen LogP contribution in [0.3, 0.4) is 0 Å². The lowest BCUT2D eigenvalue weighted by molar-refractivity contribution is -0.370. The van der Waals surface area contributed by atoms with Gasteiger partial charge in [-0.3, -0.25) is 4.79 Å². The number of hydrogen-bond acceptors (Lipinski definition) is 17. The number of carbonyl (C=O) groups excluding carboxylic acids is 1. The summed E-state index contributed by atoms with van der Waals surface area (Å²) in [7, 11) is 0. The highest BCUT2D eigenvalue weighted by molar-refractivity contribution is 5.94. The molecule has 9 N–H and O–H groups in total. The van der Waals surface area contributed by atoms with Crippen LogP contribution in [0.2, 0.25) is 0 Å². The minimum Gasteiger partial charge on any atom is -0.394 e. The van der Waals surface area contributed by atoms with Crippen molar-refractivity contribution in [2.45, 2.75) is 210 Å². The minimum atomic E-state index is -1.68. The molecule has 62 heavy (non-hydrogen) atoms. The summed E-state index contributed by atoms with van der Waals surface area (Å²) in [6.45, 7) is 11.4. The first kappa shape index (κ1) is 47.3. The molecule has 4 aliphatic carbocycles. The summed E-state index contributed by atoms with van der Waals surface area (Å²) in [6, 6.07) is 0. The van der Waals surface area contributed by atoms with Crippen LogP contribution in [0, 0.1) is 46.3 Å². The highest BCUT2D eigenvalue weighted by Gasteiger charge is 2.61. The van der Waals surface area contributed by atoms with Crippen molar-refractivity contribution in [1.82, 2.24) is 0 Å². The summed E-state index contributed by atoms with van der Waals surface area (Å²) in [5.74, 6) is 0.751. The third-order valence-electron chi connectivity index (χ3n) is 17.2. The van der Waals surface area contributed by atoms with E-state index in [1.54, 1.807) is 6.92 Å². The van der Waals surface area contributed by atoms with Crippen LogP contribution < -0.4 is 0 Å². The fourth-order valence-corrected chi connectivity index (χ4v) is 13.1. The first-order valence-corrected chi connectivity index (χ1v) is 23.2. The molecule has 6 unspecified atom stereocenters. The Balaban J connectivity index is 0.936. The molecular formula is C45H72O17. The van der Waals surface area contributed by atoms with Crippen molar-refractivity contribution < 1.29 is 83.9 Å². The Morgan fingerprint density at radius 1 is 0.629 bits per heavy atom. The molecule has 17 nitrogen and oxygen atoms in total. The number of fused-ring (bicyclic) bond motifs is 5. The largest absolute Gasteiger partial charge is 0.394 e. The van der Waals surface area contributed by atoms with Gasteiger partial charge in [0.15, 0.2) is 30.9 Å². The number of carbonyl (C=O) groups is 1. The average molecular weight is 885 g/mol. The van der Waals surface area contributed by atoms with E-state index in [4.69, 9.17) is 33.2 Å². The SMILES string of the molecule is C[C@H](C1CC[C@H](C)[C@@H](O[C@H]2O[C@H](C)[C@@H](O)[C@H](O)[C@@H]2O)O1)[C@H]1CCC2C3=CC(=O)C4C[C@@H](OC5O[C@H](CO)[C@@H](O)[C@H](O)[C@H]5OC5O[C@H](C)[C@@H](O)[C@H](O)[C@@H]5O)CC[C@]4(C)C3CC[C@@]21C. The summed E-state index contributed by atoms with van der Waals surface area (Å²) in [6.07, 6.45) is -12.1. The first-order valence-electron chi connectivity index (χ1n) is 23.2. The van der Waals surface area contributed by atoms with E-state index < -0.39 is 111 Å². The molecule has 0 aromatic carbocycles. The summed E-state index contributed by atoms with van der Waals surface area (Å²) in [5.41, 5.74) is 0.899. The zero-order valence-electron chi connectivity index (χ0n) is 36.8. The molecule has 0 aromatic heterocycles. The van der Waals surface area contributed by atoms with Crippen LogP contribution in [0.5, 0.6) is 0 Å². The van der Waals surface area contributed by atoms with E-state index in [0.29, 0.717) is 25.2 Å². The molecular weight excluding hydrogens is 812 g/mol. The molecule has 0 radical (unpaired) electrons. The molecule has 0 amide bonds. The van der Waals surface area contributed by atoms with Crippen molar-refractivity contribution in [3.05, 3.63) is 11.6 Å². The Kier molecular flexibility index (Phi) is 13.8. The van der Waals surface area contributed by atoms with E-state index >= 15 is 0 Å². The van der Waals surface area contributed by atoms with Gasteiger partial charge in [0, 0.05) is 11.8 Å². The summed E-state index contributed by atoms with van der Waals surface area (Å²) in [4.78, 5) is 14.4. The fourth-order valence-electron chi connectivity index (χ4n) is 13.1. The molecule has 26 atom stereocenters. The highest BCUT2D eigenvalue weighted by Crippen LogP contribution is 2.67. The molecule has 0 spiro atoms. The quantitative estimate of drug-likeness (QED) is 0.152. The van der Waals surface area contributed by atoms with Crippen molar-refractivity contribution >= 4 is 5.78 Å². The maximum atomic E-state index is 14.4. The summed E-state index contributed by atoms with van der Waals surface area (Å²) < 4.78 is 42.6. The van der Waals surface area contributed by atoms with Crippen LogP contribution in [-0.2, 0) is 38.0 Å². The monoisotopic (exact) mass is 884 g/mol. The highest BCUT2D eigenvalue weighted by atomic mass is 16.8. The van der Waals surface area contributed by atoms with E-state index in [1.807, 2.05) is 13.0 Å². The van der Waals surface area contributed by atoms with Crippen molar-refractivity contribution in [2.24, 2.45) is 46.3 Å². The maximum Gasteiger partial charge on any atom is 0.189 e. The number of aliphatic hydroxyl groups is 9. The summed E-state index contributed by atoms with van der Waals surface area (Å²) >= 11 is 0.